The third kappa shape index (κ3) is 4.10. The Morgan fingerprint density at radius 3 is 2.65 bits per heavy atom. The number of rotatable bonds is 7. The molecule has 0 bridgehead atoms. The number of nitrogens with zero attached hydrogens (tertiary/aromatic N) is 1. The molecule has 114 valence electrons. The minimum atomic E-state index is 0.494. The lowest BCUT2D eigenvalue weighted by Gasteiger charge is -2.26. The highest BCUT2D eigenvalue weighted by Crippen LogP contribution is 2.25. The molecule has 0 radical (unpaired) electrons. The Morgan fingerprint density at radius 1 is 1.35 bits per heavy atom. The monoisotopic (exact) mass is 278 g/mol. The van der Waals surface area contributed by atoms with Crippen molar-refractivity contribution >= 4 is 0 Å². The molecule has 1 aliphatic carbocycles. The molecule has 3 nitrogen and oxygen atoms in total. The van der Waals surface area contributed by atoms with Gasteiger partial charge in [-0.15, -0.1) is 0 Å². The van der Waals surface area contributed by atoms with E-state index < -0.39 is 0 Å². The van der Waals surface area contributed by atoms with Crippen molar-refractivity contribution in [2.75, 3.05) is 6.54 Å². The van der Waals surface area contributed by atoms with Gasteiger partial charge in [0.25, 0.3) is 0 Å². The van der Waals surface area contributed by atoms with E-state index in [0.29, 0.717) is 6.04 Å². The predicted molar refractivity (Wildman–Crippen MR) is 83.8 cm³/mol. The molecule has 3 heteroatoms. The summed E-state index contributed by atoms with van der Waals surface area (Å²) in [6.07, 6.45) is 5.49. The Morgan fingerprint density at radius 2 is 2.05 bits per heavy atom. The zero-order valence-corrected chi connectivity index (χ0v) is 13.5. The van der Waals surface area contributed by atoms with Gasteiger partial charge in [-0.25, -0.2) is 0 Å². The summed E-state index contributed by atoms with van der Waals surface area (Å²) >= 11 is 0. The van der Waals surface area contributed by atoms with Crippen molar-refractivity contribution in [2.24, 2.45) is 0 Å². The molecule has 1 fully saturated rings. The molecule has 2 rings (SSSR count). The van der Waals surface area contributed by atoms with Crippen molar-refractivity contribution < 1.29 is 4.42 Å². The number of nitrogens with one attached hydrogen (secondary N) is 1. The number of aryl methyl sites for hydroxylation is 1. The smallest absolute Gasteiger partial charge is 0.120 e. The Balaban J connectivity index is 1.96. The van der Waals surface area contributed by atoms with Gasteiger partial charge in [0.05, 0.1) is 13.1 Å². The molecule has 1 heterocycles. The van der Waals surface area contributed by atoms with Gasteiger partial charge in [-0.05, 0) is 37.9 Å². The molecule has 0 aliphatic heterocycles. The normalized spacial score (nSPS) is 16.7. The molecule has 0 amide bonds. The van der Waals surface area contributed by atoms with Crippen LogP contribution in [-0.2, 0) is 13.1 Å². The lowest BCUT2D eigenvalue weighted by atomic mass is 10.2. The first kappa shape index (κ1) is 15.6. The van der Waals surface area contributed by atoms with Crippen LogP contribution in [0.4, 0.5) is 0 Å². The van der Waals surface area contributed by atoms with Crippen molar-refractivity contribution in [3.8, 4) is 0 Å². The van der Waals surface area contributed by atoms with E-state index in [0.717, 1.165) is 37.2 Å². The van der Waals surface area contributed by atoms with Crippen LogP contribution < -0.4 is 5.32 Å². The molecule has 1 aromatic heterocycles. The Kier molecular flexibility index (Phi) is 5.67. The first-order valence-corrected chi connectivity index (χ1v) is 8.15. The summed E-state index contributed by atoms with van der Waals surface area (Å²) in [5.74, 6) is 2.22. The van der Waals surface area contributed by atoms with Gasteiger partial charge in [0.2, 0.25) is 0 Å². The van der Waals surface area contributed by atoms with Crippen molar-refractivity contribution in [1.82, 2.24) is 10.2 Å². The molecular formula is C17H30N2O. The van der Waals surface area contributed by atoms with Gasteiger partial charge in [-0.3, -0.25) is 4.90 Å². The Hall–Kier alpha value is -0.800. The van der Waals surface area contributed by atoms with E-state index in [1.807, 2.05) is 0 Å². The molecular weight excluding hydrogens is 248 g/mol. The third-order valence-corrected chi connectivity index (χ3v) is 4.35. The van der Waals surface area contributed by atoms with Gasteiger partial charge in [0.15, 0.2) is 0 Å². The summed E-state index contributed by atoms with van der Waals surface area (Å²) in [4.78, 5) is 2.57. The SMILES string of the molecule is CCN(Cc1cc(C)c(CNC(C)C)o1)C1CCCC1. The van der Waals surface area contributed by atoms with E-state index in [2.05, 4.69) is 44.0 Å². The highest BCUT2D eigenvalue weighted by molar-refractivity contribution is 5.20. The first-order valence-electron chi connectivity index (χ1n) is 8.15. The van der Waals surface area contributed by atoms with Crippen molar-refractivity contribution in [1.29, 1.82) is 0 Å². The average Bonchev–Trinajstić information content (AvgIpc) is 3.03. The summed E-state index contributed by atoms with van der Waals surface area (Å²) in [6, 6.07) is 3.48. The number of furan rings is 1. The lowest BCUT2D eigenvalue weighted by molar-refractivity contribution is 0.183. The molecule has 0 aromatic carbocycles. The van der Waals surface area contributed by atoms with Crippen LogP contribution in [0.3, 0.4) is 0 Å². The van der Waals surface area contributed by atoms with Crippen LogP contribution in [0.5, 0.6) is 0 Å². The second kappa shape index (κ2) is 7.28. The fraction of sp³-hybridized carbons (Fsp3) is 0.765. The molecule has 0 unspecified atom stereocenters. The van der Waals surface area contributed by atoms with Crippen LogP contribution >= 0.6 is 0 Å². The predicted octanol–water partition coefficient (Wildman–Crippen LogP) is 3.85. The molecule has 0 spiro atoms. The van der Waals surface area contributed by atoms with Gasteiger partial charge in [0.1, 0.15) is 11.5 Å². The third-order valence-electron chi connectivity index (χ3n) is 4.35. The van der Waals surface area contributed by atoms with Crippen LogP contribution in [-0.4, -0.2) is 23.5 Å². The van der Waals surface area contributed by atoms with Crippen molar-refractivity contribution in [2.45, 2.75) is 78.6 Å². The van der Waals surface area contributed by atoms with E-state index in [1.54, 1.807) is 0 Å². The Labute approximate surface area is 123 Å². The van der Waals surface area contributed by atoms with Crippen LogP contribution in [0, 0.1) is 6.92 Å². The average molecular weight is 278 g/mol. The fourth-order valence-corrected chi connectivity index (χ4v) is 3.11. The first-order chi connectivity index (χ1) is 9.60. The van der Waals surface area contributed by atoms with Crippen LogP contribution in [0.1, 0.15) is 63.5 Å². The summed E-state index contributed by atoms with van der Waals surface area (Å²) in [6.45, 7) is 11.6. The van der Waals surface area contributed by atoms with Crippen molar-refractivity contribution in [3.63, 3.8) is 0 Å². The highest BCUT2D eigenvalue weighted by atomic mass is 16.3. The molecule has 1 saturated carbocycles. The zero-order valence-electron chi connectivity index (χ0n) is 13.5. The quantitative estimate of drug-likeness (QED) is 0.821. The summed E-state index contributed by atoms with van der Waals surface area (Å²) < 4.78 is 6.05. The van der Waals surface area contributed by atoms with Gasteiger partial charge < -0.3 is 9.73 Å². The van der Waals surface area contributed by atoms with E-state index in [9.17, 15) is 0 Å². The summed E-state index contributed by atoms with van der Waals surface area (Å²) in [7, 11) is 0. The van der Waals surface area contributed by atoms with E-state index >= 15 is 0 Å². The highest BCUT2D eigenvalue weighted by Gasteiger charge is 2.22. The second-order valence-electron chi connectivity index (χ2n) is 6.36. The lowest BCUT2D eigenvalue weighted by Crippen LogP contribution is -2.32. The van der Waals surface area contributed by atoms with Gasteiger partial charge in [0, 0.05) is 12.1 Å². The molecule has 20 heavy (non-hydrogen) atoms. The van der Waals surface area contributed by atoms with E-state index in [4.69, 9.17) is 4.42 Å². The molecule has 1 aliphatic rings. The second-order valence-corrected chi connectivity index (χ2v) is 6.36. The number of hydrogen-bond acceptors (Lipinski definition) is 3. The van der Waals surface area contributed by atoms with Gasteiger partial charge in [-0.1, -0.05) is 33.6 Å². The molecule has 1 aromatic rings. The zero-order chi connectivity index (χ0) is 14.5. The summed E-state index contributed by atoms with van der Waals surface area (Å²) in [5, 5.41) is 3.43. The molecule has 0 atom stereocenters. The van der Waals surface area contributed by atoms with E-state index in [-0.39, 0.29) is 0 Å². The Bertz CT molecular complexity index is 405. The van der Waals surface area contributed by atoms with Gasteiger partial charge in [-0.2, -0.15) is 0 Å². The largest absolute Gasteiger partial charge is 0.463 e. The topological polar surface area (TPSA) is 28.4 Å². The maximum atomic E-state index is 6.05. The fourth-order valence-electron chi connectivity index (χ4n) is 3.11. The van der Waals surface area contributed by atoms with E-state index in [1.165, 1.54) is 31.2 Å². The van der Waals surface area contributed by atoms with Crippen LogP contribution in [0.2, 0.25) is 0 Å². The summed E-state index contributed by atoms with van der Waals surface area (Å²) in [5.41, 5.74) is 1.27. The minimum Gasteiger partial charge on any atom is -0.463 e. The number of hydrogen-bond donors (Lipinski definition) is 1. The minimum absolute atomic E-state index is 0.494. The van der Waals surface area contributed by atoms with Crippen LogP contribution in [0.15, 0.2) is 10.5 Å². The standard InChI is InChI=1S/C17H30N2O/c1-5-19(15-8-6-7-9-15)12-16-10-14(4)17(20-16)11-18-13(2)3/h10,13,15,18H,5-9,11-12H2,1-4H3. The maximum Gasteiger partial charge on any atom is 0.120 e. The van der Waals surface area contributed by atoms with Crippen molar-refractivity contribution in [3.05, 3.63) is 23.2 Å². The van der Waals surface area contributed by atoms with Crippen LogP contribution in [0.25, 0.3) is 0 Å². The molecule has 1 N–H and O–H groups in total. The van der Waals surface area contributed by atoms with Gasteiger partial charge >= 0.3 is 0 Å². The molecule has 0 saturated heterocycles. The maximum absolute atomic E-state index is 6.05.